The summed E-state index contributed by atoms with van der Waals surface area (Å²) >= 11 is 0. The molecule has 15 nitrogen and oxygen atoms in total. The van der Waals surface area contributed by atoms with Gasteiger partial charge in [0.25, 0.3) is 5.91 Å². The van der Waals surface area contributed by atoms with Crippen molar-refractivity contribution in [2.75, 3.05) is 13.1 Å². The second-order valence-electron chi connectivity index (χ2n) is 14.6. The number of amides is 5. The lowest BCUT2D eigenvalue weighted by Crippen LogP contribution is -2.55. The number of aliphatic carboxylic acids is 1. The van der Waals surface area contributed by atoms with E-state index in [-0.39, 0.29) is 68.8 Å². The molecule has 0 saturated carbocycles. The molecule has 6 rings (SSSR count). The number of nitrogens with one attached hydrogen (secondary N) is 4. The van der Waals surface area contributed by atoms with Crippen molar-refractivity contribution >= 4 is 57.5 Å². The Kier molecular flexibility index (Phi) is 11.3. The number of benzene rings is 2. The van der Waals surface area contributed by atoms with Gasteiger partial charge in [0.1, 0.15) is 36.1 Å². The molecule has 2 aliphatic heterocycles. The van der Waals surface area contributed by atoms with Crippen molar-refractivity contribution in [1.29, 1.82) is 0 Å². The van der Waals surface area contributed by atoms with Gasteiger partial charge < -0.3 is 40.3 Å². The zero-order valence-electron chi connectivity index (χ0n) is 30.9. The number of aromatic nitrogens is 2. The van der Waals surface area contributed by atoms with Crippen LogP contribution in [0.3, 0.4) is 0 Å². The van der Waals surface area contributed by atoms with Gasteiger partial charge >= 0.3 is 5.97 Å². The molecule has 2 aromatic heterocycles. The first-order valence-electron chi connectivity index (χ1n) is 18.5. The molecule has 4 atom stereocenters. The molecule has 286 valence electrons. The first-order valence-corrected chi connectivity index (χ1v) is 18.5. The number of para-hydroxylation sites is 2. The Morgan fingerprint density at radius 3 is 2.57 bits per heavy atom. The average molecular weight is 742 g/mol. The van der Waals surface area contributed by atoms with Gasteiger partial charge in [-0.05, 0) is 69.7 Å². The van der Waals surface area contributed by atoms with Gasteiger partial charge in [-0.1, -0.05) is 38.1 Å². The van der Waals surface area contributed by atoms with Crippen LogP contribution >= 0.6 is 0 Å². The Balaban J connectivity index is 1.27. The van der Waals surface area contributed by atoms with E-state index in [1.807, 2.05) is 67.8 Å². The topological polar surface area (TPSA) is 205 Å². The summed E-state index contributed by atoms with van der Waals surface area (Å²) in [5.74, 6) is -3.10. The van der Waals surface area contributed by atoms with Crippen molar-refractivity contribution in [3.8, 4) is 0 Å². The lowest BCUT2D eigenvalue weighted by atomic mass is 10.1. The highest BCUT2D eigenvalue weighted by Crippen LogP contribution is 2.28. The molecule has 5 N–H and O–H groups in total. The Bertz CT molecular complexity index is 2100. The quantitative estimate of drug-likeness (QED) is 0.189. The van der Waals surface area contributed by atoms with Gasteiger partial charge in [-0.3, -0.25) is 24.0 Å². The Hall–Kier alpha value is -5.73. The predicted octanol–water partition coefficient (Wildman–Crippen LogP) is 3.06. The smallest absolute Gasteiger partial charge is 0.326 e. The van der Waals surface area contributed by atoms with Crippen molar-refractivity contribution in [2.24, 2.45) is 0 Å². The van der Waals surface area contributed by atoms with Gasteiger partial charge in [0, 0.05) is 42.4 Å². The molecule has 5 amide bonds. The standard InChI is InChI=1S/C39H47N7O8/c1-21(2)35-42-26-9-5-6-11-29(26)45(35)20-33(48)41-24-18-30-36(49)44-28(39(52)53)14-15-32(47)40-16-8-7-10-27(38(51)46(30)19-24)43-37(50)34-23(4)25-13-12-22(3)17-31(25)54-34/h5-6,9,11-13,17,21,24,27-28,30H,7-8,10,14-16,18-20H2,1-4H3,(H,40,47)(H,41,48)(H,43,50)(H,44,49)(H,52,53)/t24-,27+,28+,30+/m1/s1. The van der Waals surface area contributed by atoms with Crippen molar-refractivity contribution in [3.63, 3.8) is 0 Å². The van der Waals surface area contributed by atoms with Crippen LogP contribution in [0, 0.1) is 13.8 Å². The van der Waals surface area contributed by atoms with Crippen LogP contribution in [-0.4, -0.2) is 92.3 Å². The molecule has 15 heteroatoms. The van der Waals surface area contributed by atoms with Crippen LogP contribution in [0.1, 0.15) is 85.8 Å². The lowest BCUT2D eigenvalue weighted by molar-refractivity contribution is -0.144. The fraction of sp³-hybridized carbons (Fsp3) is 0.462. The minimum absolute atomic E-state index is 0.000547. The molecule has 0 spiro atoms. The Morgan fingerprint density at radius 2 is 1.81 bits per heavy atom. The van der Waals surface area contributed by atoms with Crippen molar-refractivity contribution in [1.82, 2.24) is 35.7 Å². The summed E-state index contributed by atoms with van der Waals surface area (Å²) in [7, 11) is 0. The number of nitrogens with zero attached hydrogens (tertiary/aromatic N) is 3. The van der Waals surface area contributed by atoms with E-state index in [0.717, 1.165) is 27.8 Å². The van der Waals surface area contributed by atoms with Crippen LogP contribution in [0.4, 0.5) is 0 Å². The molecule has 4 heterocycles. The second-order valence-corrected chi connectivity index (χ2v) is 14.6. The highest BCUT2D eigenvalue weighted by atomic mass is 16.4. The van der Waals surface area contributed by atoms with Gasteiger partial charge in [0.2, 0.25) is 23.6 Å². The van der Waals surface area contributed by atoms with E-state index in [9.17, 15) is 33.9 Å². The zero-order chi connectivity index (χ0) is 38.7. The molecule has 2 fully saturated rings. The van der Waals surface area contributed by atoms with Gasteiger partial charge in [0.05, 0.1) is 11.0 Å². The summed E-state index contributed by atoms with van der Waals surface area (Å²) in [5, 5.41) is 21.8. The average Bonchev–Trinajstić information content (AvgIpc) is 3.81. The van der Waals surface area contributed by atoms with Crippen LogP contribution in [0.5, 0.6) is 0 Å². The van der Waals surface area contributed by atoms with Crippen LogP contribution in [0.2, 0.25) is 0 Å². The Morgan fingerprint density at radius 1 is 1.04 bits per heavy atom. The van der Waals surface area contributed by atoms with Crippen LogP contribution in [0.25, 0.3) is 22.0 Å². The van der Waals surface area contributed by atoms with Gasteiger partial charge in [-0.2, -0.15) is 0 Å². The Labute approximate surface area is 312 Å². The summed E-state index contributed by atoms with van der Waals surface area (Å²) in [4.78, 5) is 86.4. The molecular weight excluding hydrogens is 694 g/mol. The normalized spacial score (nSPS) is 21.6. The molecule has 54 heavy (non-hydrogen) atoms. The van der Waals surface area contributed by atoms with E-state index in [0.29, 0.717) is 24.0 Å². The first-order chi connectivity index (χ1) is 25.8. The molecule has 4 aromatic rings. The molecule has 2 saturated heterocycles. The number of hydrogen-bond acceptors (Lipinski definition) is 8. The zero-order valence-corrected chi connectivity index (χ0v) is 30.9. The second kappa shape index (κ2) is 16.1. The monoisotopic (exact) mass is 741 g/mol. The molecule has 2 aliphatic rings. The maximum absolute atomic E-state index is 14.5. The molecule has 0 bridgehead atoms. The molecular formula is C39H47N7O8. The third kappa shape index (κ3) is 8.24. The van der Waals surface area contributed by atoms with Gasteiger partial charge in [-0.25, -0.2) is 9.78 Å². The fourth-order valence-electron chi connectivity index (χ4n) is 7.37. The number of carbonyl (C=O) groups excluding carboxylic acids is 5. The molecule has 0 unspecified atom stereocenters. The number of carboxylic acid groups (broad SMARTS) is 1. The maximum atomic E-state index is 14.5. The number of furan rings is 1. The number of imidazole rings is 1. The van der Waals surface area contributed by atoms with Crippen molar-refractivity contribution in [2.45, 2.75) is 103 Å². The van der Waals surface area contributed by atoms with Crippen LogP contribution in [-0.2, 0) is 30.5 Å². The van der Waals surface area contributed by atoms with Gasteiger partial charge in [0.15, 0.2) is 5.76 Å². The van der Waals surface area contributed by atoms with Crippen molar-refractivity contribution < 1.29 is 38.3 Å². The highest BCUT2D eigenvalue weighted by Gasteiger charge is 2.43. The number of carbonyl (C=O) groups is 6. The maximum Gasteiger partial charge on any atom is 0.326 e. The number of hydrogen-bond donors (Lipinski definition) is 5. The van der Waals surface area contributed by atoms with Crippen molar-refractivity contribution in [3.05, 3.63) is 65.2 Å². The van der Waals surface area contributed by atoms with Crippen LogP contribution in [0.15, 0.2) is 46.9 Å². The van der Waals surface area contributed by atoms with E-state index in [2.05, 4.69) is 21.3 Å². The number of aryl methyl sites for hydroxylation is 2. The third-order valence-corrected chi connectivity index (χ3v) is 10.2. The summed E-state index contributed by atoms with van der Waals surface area (Å²) in [5.41, 5.74) is 3.66. The number of fused-ring (bicyclic) bond motifs is 3. The summed E-state index contributed by atoms with van der Waals surface area (Å²) in [6.45, 7) is 7.83. The minimum atomic E-state index is -1.39. The van der Waals surface area contributed by atoms with E-state index >= 15 is 0 Å². The third-order valence-electron chi connectivity index (χ3n) is 10.2. The largest absolute Gasteiger partial charge is 0.480 e. The van der Waals surface area contributed by atoms with E-state index in [1.54, 1.807) is 6.92 Å². The van der Waals surface area contributed by atoms with E-state index in [4.69, 9.17) is 9.40 Å². The molecule has 0 radical (unpaired) electrons. The number of carboxylic acids is 1. The fourth-order valence-corrected chi connectivity index (χ4v) is 7.37. The van der Waals surface area contributed by atoms with Crippen LogP contribution < -0.4 is 21.3 Å². The summed E-state index contributed by atoms with van der Waals surface area (Å²) in [6, 6.07) is 8.81. The minimum Gasteiger partial charge on any atom is -0.480 e. The lowest BCUT2D eigenvalue weighted by Gasteiger charge is -2.29. The SMILES string of the molecule is Cc1ccc2c(C)c(C(=O)N[C@H]3CCCCNC(=O)CC[C@@H](C(=O)O)NC(=O)[C@@H]4C[C@@H](NC(=O)Cn5c(C(C)C)nc6ccccc65)CN4C3=O)oc2c1. The van der Waals surface area contributed by atoms with E-state index < -0.39 is 47.9 Å². The number of rotatable bonds is 7. The highest BCUT2D eigenvalue weighted by molar-refractivity contribution is 6.01. The summed E-state index contributed by atoms with van der Waals surface area (Å²) < 4.78 is 7.79. The van der Waals surface area contributed by atoms with E-state index in [1.165, 1.54) is 4.90 Å². The molecule has 0 aliphatic carbocycles. The predicted molar refractivity (Wildman–Crippen MR) is 198 cm³/mol. The van der Waals surface area contributed by atoms with Gasteiger partial charge in [-0.15, -0.1) is 0 Å². The summed E-state index contributed by atoms with van der Waals surface area (Å²) in [6.07, 6.45) is 0.830. The molecule has 2 aromatic carbocycles. The first kappa shape index (κ1) is 38.0.